The summed E-state index contributed by atoms with van der Waals surface area (Å²) < 4.78 is 0. The normalized spacial score (nSPS) is 17.7. The van der Waals surface area contributed by atoms with Crippen molar-refractivity contribution < 1.29 is 24.6 Å². The molecule has 0 bridgehead atoms. The largest absolute Gasteiger partial charge is 0.550 e. The van der Waals surface area contributed by atoms with Crippen LogP contribution in [-0.2, 0) is 16.1 Å². The second-order valence-electron chi connectivity index (χ2n) is 5.51. The summed E-state index contributed by atoms with van der Waals surface area (Å²) in [5.41, 5.74) is 1.32. The van der Waals surface area contributed by atoms with Crippen LogP contribution in [-0.4, -0.2) is 39.9 Å². The molecule has 1 aliphatic rings. The van der Waals surface area contributed by atoms with E-state index in [9.17, 15) is 19.5 Å². The number of nitrogens with zero attached hydrogens (tertiary/aromatic N) is 1. The fourth-order valence-corrected chi connectivity index (χ4v) is 2.45. The van der Waals surface area contributed by atoms with Gasteiger partial charge in [-0.05, 0) is 37.6 Å². The first-order valence-electron chi connectivity index (χ1n) is 6.92. The van der Waals surface area contributed by atoms with Gasteiger partial charge in [0.25, 0.3) is 0 Å². The highest BCUT2D eigenvalue weighted by Crippen LogP contribution is 2.26. The molecule has 1 amide bonds. The molecule has 0 saturated heterocycles. The van der Waals surface area contributed by atoms with E-state index in [1.807, 2.05) is 13.8 Å². The average molecular weight is 305 g/mol. The predicted octanol–water partition coefficient (Wildman–Crippen LogP) is 0.0559. The lowest BCUT2D eigenvalue weighted by molar-refractivity contribution is -0.305. The molecule has 0 radical (unpaired) electrons. The summed E-state index contributed by atoms with van der Waals surface area (Å²) in [6.07, 6.45) is -0.442. The summed E-state index contributed by atoms with van der Waals surface area (Å²) in [5.74, 6) is -2.71. The lowest BCUT2D eigenvalue weighted by Crippen LogP contribution is -2.46. The molecule has 0 aliphatic carbocycles. The van der Waals surface area contributed by atoms with Crippen LogP contribution in [0.15, 0.2) is 18.2 Å². The molecule has 1 heterocycles. The van der Waals surface area contributed by atoms with E-state index in [4.69, 9.17) is 5.11 Å². The molecule has 0 spiro atoms. The number of benzene rings is 1. The second-order valence-corrected chi connectivity index (χ2v) is 5.51. The highest BCUT2D eigenvalue weighted by atomic mass is 16.4. The Labute approximate surface area is 127 Å². The summed E-state index contributed by atoms with van der Waals surface area (Å²) >= 11 is 0. The van der Waals surface area contributed by atoms with Crippen molar-refractivity contribution in [2.75, 3.05) is 5.32 Å². The Morgan fingerprint density at radius 1 is 1.45 bits per heavy atom. The minimum atomic E-state index is -1.32. The Balaban J connectivity index is 2.44. The van der Waals surface area contributed by atoms with E-state index in [1.54, 1.807) is 6.07 Å². The van der Waals surface area contributed by atoms with Gasteiger partial charge >= 0.3 is 5.97 Å². The Kier molecular flexibility index (Phi) is 4.35. The number of nitrogens with one attached hydrogen (secondary N) is 1. The molecule has 22 heavy (non-hydrogen) atoms. The van der Waals surface area contributed by atoms with Crippen LogP contribution in [0.5, 0.6) is 0 Å². The molecule has 1 aromatic carbocycles. The van der Waals surface area contributed by atoms with Gasteiger partial charge in [-0.1, -0.05) is 0 Å². The zero-order valence-corrected chi connectivity index (χ0v) is 12.3. The SMILES string of the molecule is CC(C)N1Cc2cc(C(=O)O)ccc2NC(CC(=O)[O-])C1=O. The lowest BCUT2D eigenvalue weighted by atomic mass is 10.1. The first-order chi connectivity index (χ1) is 10.3. The van der Waals surface area contributed by atoms with Gasteiger partial charge in [-0.3, -0.25) is 4.79 Å². The van der Waals surface area contributed by atoms with E-state index in [1.165, 1.54) is 17.0 Å². The van der Waals surface area contributed by atoms with Crippen molar-refractivity contribution in [2.45, 2.75) is 38.9 Å². The fraction of sp³-hybridized carbons (Fsp3) is 0.400. The van der Waals surface area contributed by atoms with E-state index in [-0.39, 0.29) is 24.1 Å². The molecule has 7 nitrogen and oxygen atoms in total. The molecular formula is C15H17N2O5-. The predicted molar refractivity (Wildman–Crippen MR) is 76.1 cm³/mol. The molecule has 2 N–H and O–H groups in total. The summed E-state index contributed by atoms with van der Waals surface area (Å²) in [4.78, 5) is 35.9. The van der Waals surface area contributed by atoms with Gasteiger partial charge in [0.15, 0.2) is 0 Å². The van der Waals surface area contributed by atoms with Crippen LogP contribution in [0.2, 0.25) is 0 Å². The summed E-state index contributed by atoms with van der Waals surface area (Å²) in [7, 11) is 0. The zero-order valence-electron chi connectivity index (χ0n) is 12.3. The van der Waals surface area contributed by atoms with E-state index in [0.29, 0.717) is 11.3 Å². The number of aromatic carboxylic acids is 1. The molecule has 7 heteroatoms. The number of anilines is 1. The summed E-state index contributed by atoms with van der Waals surface area (Å²) in [5, 5.41) is 22.8. The van der Waals surface area contributed by atoms with Gasteiger partial charge in [0, 0.05) is 30.7 Å². The second kappa shape index (κ2) is 6.05. The van der Waals surface area contributed by atoms with Crippen LogP contribution >= 0.6 is 0 Å². The maximum atomic E-state index is 12.5. The maximum Gasteiger partial charge on any atom is 0.335 e. The molecule has 1 aromatic rings. The van der Waals surface area contributed by atoms with Gasteiger partial charge in [-0.25, -0.2) is 4.79 Å². The molecule has 0 fully saturated rings. The molecule has 1 unspecified atom stereocenters. The van der Waals surface area contributed by atoms with Crippen LogP contribution in [0.1, 0.15) is 36.2 Å². The molecule has 0 saturated carbocycles. The van der Waals surface area contributed by atoms with Gasteiger partial charge < -0.3 is 25.2 Å². The number of carbonyl (C=O) groups is 3. The molecule has 118 valence electrons. The Hall–Kier alpha value is -2.57. The molecule has 2 rings (SSSR count). The quantitative estimate of drug-likeness (QED) is 0.813. The Morgan fingerprint density at radius 3 is 2.68 bits per heavy atom. The molecule has 0 aromatic heterocycles. The van der Waals surface area contributed by atoms with Crippen LogP contribution in [0.25, 0.3) is 0 Å². The van der Waals surface area contributed by atoms with Crippen molar-refractivity contribution >= 4 is 23.5 Å². The third kappa shape index (κ3) is 3.19. The minimum absolute atomic E-state index is 0.120. The number of fused-ring (bicyclic) bond motifs is 1. The van der Waals surface area contributed by atoms with Crippen molar-refractivity contribution in [2.24, 2.45) is 0 Å². The third-order valence-electron chi connectivity index (χ3n) is 3.60. The molecular weight excluding hydrogens is 288 g/mol. The number of carboxylic acid groups (broad SMARTS) is 2. The van der Waals surface area contributed by atoms with Gasteiger partial charge in [0.1, 0.15) is 6.04 Å². The van der Waals surface area contributed by atoms with E-state index in [0.717, 1.165) is 0 Å². The molecule has 1 atom stereocenters. The van der Waals surface area contributed by atoms with Gasteiger partial charge in [0.2, 0.25) is 5.91 Å². The van der Waals surface area contributed by atoms with E-state index >= 15 is 0 Å². The first-order valence-corrected chi connectivity index (χ1v) is 6.92. The average Bonchev–Trinajstić information content (AvgIpc) is 2.55. The number of hydrogen-bond donors (Lipinski definition) is 2. The Morgan fingerprint density at radius 2 is 2.14 bits per heavy atom. The summed E-state index contributed by atoms with van der Waals surface area (Å²) in [6, 6.07) is 3.40. The van der Waals surface area contributed by atoms with Crippen molar-refractivity contribution in [3.8, 4) is 0 Å². The first kappa shape index (κ1) is 15.8. The standard InChI is InChI=1S/C15H18N2O5/c1-8(2)17-7-10-5-9(15(21)22)3-4-11(10)16-12(14(17)20)6-13(18)19/h3-5,8,12,16H,6-7H2,1-2H3,(H,18,19)(H,21,22)/p-1. The summed E-state index contributed by atoms with van der Waals surface area (Å²) in [6.45, 7) is 3.86. The van der Waals surface area contributed by atoms with Crippen molar-refractivity contribution in [1.82, 2.24) is 4.90 Å². The van der Waals surface area contributed by atoms with Crippen molar-refractivity contribution in [3.63, 3.8) is 0 Å². The highest BCUT2D eigenvalue weighted by Gasteiger charge is 2.30. The van der Waals surface area contributed by atoms with Gasteiger partial charge in [-0.2, -0.15) is 0 Å². The number of hydrogen-bond acceptors (Lipinski definition) is 5. The topological polar surface area (TPSA) is 110 Å². The van der Waals surface area contributed by atoms with Crippen molar-refractivity contribution in [1.29, 1.82) is 0 Å². The Bertz CT molecular complexity index is 626. The zero-order chi connectivity index (χ0) is 16.4. The molecule has 1 aliphatic heterocycles. The van der Waals surface area contributed by atoms with Crippen LogP contribution in [0, 0.1) is 0 Å². The number of rotatable bonds is 4. The van der Waals surface area contributed by atoms with Crippen molar-refractivity contribution in [3.05, 3.63) is 29.3 Å². The number of aliphatic carboxylic acids is 1. The smallest absolute Gasteiger partial charge is 0.335 e. The monoisotopic (exact) mass is 305 g/mol. The minimum Gasteiger partial charge on any atom is -0.550 e. The van der Waals surface area contributed by atoms with Crippen LogP contribution < -0.4 is 10.4 Å². The number of carbonyl (C=O) groups excluding carboxylic acids is 2. The number of carboxylic acids is 2. The third-order valence-corrected chi connectivity index (χ3v) is 3.60. The number of amides is 1. The van der Waals surface area contributed by atoms with Gasteiger partial charge in [0.05, 0.1) is 5.56 Å². The lowest BCUT2D eigenvalue weighted by Gasteiger charge is -2.28. The van der Waals surface area contributed by atoms with E-state index in [2.05, 4.69) is 5.32 Å². The maximum absolute atomic E-state index is 12.5. The van der Waals surface area contributed by atoms with Crippen LogP contribution in [0.3, 0.4) is 0 Å². The highest BCUT2D eigenvalue weighted by molar-refractivity contribution is 5.92. The fourth-order valence-electron chi connectivity index (χ4n) is 2.45. The van der Waals surface area contributed by atoms with Crippen LogP contribution in [0.4, 0.5) is 5.69 Å². The van der Waals surface area contributed by atoms with Gasteiger partial charge in [-0.15, -0.1) is 0 Å². The van der Waals surface area contributed by atoms with E-state index < -0.39 is 24.4 Å².